The van der Waals surface area contributed by atoms with Gasteiger partial charge in [0.25, 0.3) is 0 Å². The molecule has 0 saturated carbocycles. The first-order valence-corrected chi connectivity index (χ1v) is 8.08. The lowest BCUT2D eigenvalue weighted by Gasteiger charge is -2.25. The Bertz CT molecular complexity index is 707. The Hall–Kier alpha value is -2.78. The van der Waals surface area contributed by atoms with Crippen molar-refractivity contribution in [2.45, 2.75) is 25.5 Å². The molecule has 2 rings (SSSR count). The van der Waals surface area contributed by atoms with Gasteiger partial charge in [0, 0.05) is 30.9 Å². The number of likely N-dealkylation sites (N-methyl/N-ethyl adjacent to an activating group) is 1. The molecule has 132 valence electrons. The molecule has 0 fully saturated rings. The van der Waals surface area contributed by atoms with Crippen LogP contribution in [0.1, 0.15) is 24.0 Å². The Kier molecular flexibility index (Phi) is 7.05. The number of allylic oxidation sites excluding steroid dienone is 1. The summed E-state index contributed by atoms with van der Waals surface area (Å²) < 4.78 is 16.4. The molecule has 2 aromatic rings. The van der Waals surface area contributed by atoms with E-state index in [4.69, 9.17) is 13.9 Å². The minimum atomic E-state index is -0.0888. The first-order chi connectivity index (χ1) is 12.2. The summed E-state index contributed by atoms with van der Waals surface area (Å²) >= 11 is 0. The van der Waals surface area contributed by atoms with Gasteiger partial charge in [-0.1, -0.05) is 6.08 Å². The molecule has 6 nitrogen and oxygen atoms in total. The smallest absolute Gasteiger partial charge is 0.235 e. The number of ether oxygens (including phenoxy) is 2. The molecule has 0 spiro atoms. The van der Waals surface area contributed by atoms with Gasteiger partial charge in [0.15, 0.2) is 5.56 Å². The number of methoxy groups -OCH3 is 1. The highest BCUT2D eigenvalue weighted by molar-refractivity contribution is 5.49. The van der Waals surface area contributed by atoms with Gasteiger partial charge < -0.3 is 13.9 Å². The van der Waals surface area contributed by atoms with Crippen molar-refractivity contribution in [1.82, 2.24) is 9.88 Å². The SMILES string of the molecule is C=CCCC(CN(C)Cc1ccoc1)Oc1ccnc(OC)c1C#N. The molecule has 0 saturated heterocycles. The second-order valence-corrected chi connectivity index (χ2v) is 5.74. The fraction of sp³-hybridized carbons (Fsp3) is 0.368. The first-order valence-electron chi connectivity index (χ1n) is 8.08. The quantitative estimate of drug-likeness (QED) is 0.617. The highest BCUT2D eigenvalue weighted by Gasteiger charge is 2.18. The van der Waals surface area contributed by atoms with E-state index in [2.05, 4.69) is 22.5 Å². The van der Waals surface area contributed by atoms with E-state index in [1.54, 1.807) is 24.8 Å². The lowest BCUT2D eigenvalue weighted by molar-refractivity contribution is 0.136. The van der Waals surface area contributed by atoms with Crippen molar-refractivity contribution in [2.75, 3.05) is 20.7 Å². The van der Waals surface area contributed by atoms with Crippen LogP contribution in [0.2, 0.25) is 0 Å². The maximum atomic E-state index is 9.39. The average Bonchev–Trinajstić information content (AvgIpc) is 3.12. The molecule has 0 aliphatic carbocycles. The minimum absolute atomic E-state index is 0.0888. The van der Waals surface area contributed by atoms with E-state index in [1.165, 1.54) is 7.11 Å². The highest BCUT2D eigenvalue weighted by atomic mass is 16.5. The lowest BCUT2D eigenvalue weighted by atomic mass is 10.1. The number of pyridine rings is 1. The van der Waals surface area contributed by atoms with Crippen LogP contribution in [-0.2, 0) is 6.54 Å². The topological polar surface area (TPSA) is 71.5 Å². The molecule has 1 unspecified atom stereocenters. The lowest BCUT2D eigenvalue weighted by Crippen LogP contribution is -2.33. The number of nitrogens with zero attached hydrogens (tertiary/aromatic N) is 3. The van der Waals surface area contributed by atoms with E-state index in [-0.39, 0.29) is 12.0 Å². The van der Waals surface area contributed by atoms with Crippen LogP contribution in [0.5, 0.6) is 11.6 Å². The van der Waals surface area contributed by atoms with Crippen molar-refractivity contribution < 1.29 is 13.9 Å². The highest BCUT2D eigenvalue weighted by Crippen LogP contribution is 2.26. The fourth-order valence-electron chi connectivity index (χ4n) is 2.56. The Morgan fingerprint density at radius 3 is 2.96 bits per heavy atom. The average molecular weight is 341 g/mol. The van der Waals surface area contributed by atoms with Crippen molar-refractivity contribution in [1.29, 1.82) is 5.26 Å². The Balaban J connectivity index is 2.09. The van der Waals surface area contributed by atoms with E-state index in [1.807, 2.05) is 19.2 Å². The number of rotatable bonds is 10. The van der Waals surface area contributed by atoms with Crippen LogP contribution in [-0.4, -0.2) is 36.7 Å². The Labute approximate surface area is 148 Å². The third-order valence-corrected chi connectivity index (χ3v) is 3.72. The monoisotopic (exact) mass is 341 g/mol. The zero-order valence-electron chi connectivity index (χ0n) is 14.6. The molecule has 1 atom stereocenters. The van der Waals surface area contributed by atoms with Crippen LogP contribution in [0.25, 0.3) is 0 Å². The molecule has 0 bridgehead atoms. The van der Waals surface area contributed by atoms with Crippen LogP contribution in [0.4, 0.5) is 0 Å². The van der Waals surface area contributed by atoms with Gasteiger partial charge in [0.05, 0.1) is 19.6 Å². The standard InChI is InChI=1S/C19H23N3O3/c1-4-5-6-16(13-22(2)12-15-8-10-24-14-15)25-18-7-9-21-19(23-3)17(18)11-20/h4,7-10,14,16H,1,5-6,12-13H2,2-3H3. The summed E-state index contributed by atoms with van der Waals surface area (Å²) in [5.74, 6) is 0.759. The largest absolute Gasteiger partial charge is 0.487 e. The molecule has 0 N–H and O–H groups in total. The normalized spacial score (nSPS) is 11.8. The van der Waals surface area contributed by atoms with Crippen molar-refractivity contribution in [3.05, 3.63) is 54.6 Å². The molecule has 0 aliphatic heterocycles. The van der Waals surface area contributed by atoms with Gasteiger partial charge in [0.1, 0.15) is 17.9 Å². The van der Waals surface area contributed by atoms with Gasteiger partial charge in [0.2, 0.25) is 5.88 Å². The summed E-state index contributed by atoms with van der Waals surface area (Å²) in [7, 11) is 3.51. The third kappa shape index (κ3) is 5.37. The summed E-state index contributed by atoms with van der Waals surface area (Å²) in [6.45, 7) is 5.24. The first kappa shape index (κ1) is 18.6. The van der Waals surface area contributed by atoms with E-state index in [0.717, 1.165) is 24.9 Å². The van der Waals surface area contributed by atoms with Crippen molar-refractivity contribution in [3.8, 4) is 17.7 Å². The molecule has 6 heteroatoms. The second-order valence-electron chi connectivity index (χ2n) is 5.74. The van der Waals surface area contributed by atoms with E-state index < -0.39 is 0 Å². The van der Waals surface area contributed by atoms with E-state index >= 15 is 0 Å². The van der Waals surface area contributed by atoms with Gasteiger partial charge in [-0.15, -0.1) is 6.58 Å². The van der Waals surface area contributed by atoms with Gasteiger partial charge in [-0.05, 0) is 26.0 Å². The number of aromatic nitrogens is 1. The van der Waals surface area contributed by atoms with Crippen LogP contribution in [0.3, 0.4) is 0 Å². The molecular weight excluding hydrogens is 318 g/mol. The summed E-state index contributed by atoms with van der Waals surface area (Å²) in [5, 5.41) is 9.39. The van der Waals surface area contributed by atoms with Gasteiger partial charge in [-0.3, -0.25) is 4.90 Å². The Morgan fingerprint density at radius 1 is 1.48 bits per heavy atom. The molecule has 2 heterocycles. The molecule has 0 radical (unpaired) electrons. The van der Waals surface area contributed by atoms with Crippen molar-refractivity contribution in [2.24, 2.45) is 0 Å². The van der Waals surface area contributed by atoms with Crippen LogP contribution >= 0.6 is 0 Å². The minimum Gasteiger partial charge on any atom is -0.487 e. The van der Waals surface area contributed by atoms with Gasteiger partial charge >= 0.3 is 0 Å². The predicted octanol–water partition coefficient (Wildman–Crippen LogP) is 3.40. The summed E-state index contributed by atoms with van der Waals surface area (Å²) in [5.41, 5.74) is 1.42. The van der Waals surface area contributed by atoms with Gasteiger partial charge in [-0.2, -0.15) is 5.26 Å². The maximum Gasteiger partial charge on any atom is 0.235 e. The van der Waals surface area contributed by atoms with Crippen LogP contribution in [0.15, 0.2) is 47.9 Å². The summed E-state index contributed by atoms with van der Waals surface area (Å²) in [6, 6.07) is 5.74. The number of nitriles is 1. The zero-order chi connectivity index (χ0) is 18.1. The summed E-state index contributed by atoms with van der Waals surface area (Å²) in [6.07, 6.45) is 8.38. The molecule has 0 aliphatic rings. The number of hydrogen-bond donors (Lipinski definition) is 0. The van der Waals surface area contributed by atoms with Crippen LogP contribution < -0.4 is 9.47 Å². The molecular formula is C19H23N3O3. The third-order valence-electron chi connectivity index (χ3n) is 3.72. The van der Waals surface area contributed by atoms with Crippen molar-refractivity contribution >= 4 is 0 Å². The second kappa shape index (κ2) is 9.50. The fourth-order valence-corrected chi connectivity index (χ4v) is 2.56. The molecule has 2 aromatic heterocycles. The number of furan rings is 1. The predicted molar refractivity (Wildman–Crippen MR) is 94.4 cm³/mol. The molecule has 0 amide bonds. The number of hydrogen-bond acceptors (Lipinski definition) is 6. The van der Waals surface area contributed by atoms with Gasteiger partial charge in [-0.25, -0.2) is 4.98 Å². The van der Waals surface area contributed by atoms with E-state index in [0.29, 0.717) is 17.9 Å². The molecule has 0 aromatic carbocycles. The molecule has 25 heavy (non-hydrogen) atoms. The zero-order valence-corrected chi connectivity index (χ0v) is 14.6. The van der Waals surface area contributed by atoms with E-state index in [9.17, 15) is 5.26 Å². The maximum absolute atomic E-state index is 9.39. The summed E-state index contributed by atoms with van der Waals surface area (Å²) in [4.78, 5) is 6.20. The Morgan fingerprint density at radius 2 is 2.32 bits per heavy atom. The van der Waals surface area contributed by atoms with Crippen molar-refractivity contribution in [3.63, 3.8) is 0 Å². The van der Waals surface area contributed by atoms with Crippen LogP contribution in [0, 0.1) is 11.3 Å².